The minimum Gasteiger partial charge on any atom is -0.463 e. The highest BCUT2D eigenvalue weighted by Gasteiger charge is 2.28. The number of ether oxygens (including phenoxy) is 2. The van der Waals surface area contributed by atoms with Gasteiger partial charge in [-0.05, 0) is 61.1 Å². The quantitative estimate of drug-likeness (QED) is 0.248. The zero-order valence-corrected chi connectivity index (χ0v) is 23.9. The lowest BCUT2D eigenvalue weighted by atomic mass is 9.98. The molecule has 0 saturated heterocycles. The lowest BCUT2D eigenvalue weighted by molar-refractivity contribution is -0.145. The number of aryl methyl sites for hydroxylation is 2. The lowest BCUT2D eigenvalue weighted by Crippen LogP contribution is -2.15. The normalized spacial score (nSPS) is 16.4. The minimum absolute atomic E-state index is 0.178. The average Bonchev–Trinajstić information content (AvgIpc) is 3.28. The molecule has 0 fully saturated rings. The van der Waals surface area contributed by atoms with Gasteiger partial charge in [0.05, 0.1) is 29.3 Å². The van der Waals surface area contributed by atoms with Crippen molar-refractivity contribution < 1.29 is 22.7 Å². The summed E-state index contributed by atoms with van der Waals surface area (Å²) in [4.78, 5) is 12.2. The van der Waals surface area contributed by atoms with Gasteiger partial charge < -0.3 is 9.47 Å². The third-order valence-corrected chi connectivity index (χ3v) is 9.25. The lowest BCUT2D eigenvalue weighted by Gasteiger charge is -2.14. The van der Waals surface area contributed by atoms with Crippen molar-refractivity contribution in [3.63, 3.8) is 0 Å². The molecule has 7 heteroatoms. The van der Waals surface area contributed by atoms with Gasteiger partial charge in [-0.1, -0.05) is 85.8 Å². The van der Waals surface area contributed by atoms with Gasteiger partial charge in [0.1, 0.15) is 6.61 Å². The number of carbonyl (C=O) groups is 1. The maximum atomic E-state index is 14.3. The predicted octanol–water partition coefficient (Wildman–Crippen LogP) is 7.20. The van der Waals surface area contributed by atoms with Crippen molar-refractivity contribution in [3.05, 3.63) is 89.5 Å². The summed E-state index contributed by atoms with van der Waals surface area (Å²) < 4.78 is 41.4. The van der Waals surface area contributed by atoms with Crippen LogP contribution in [0.15, 0.2) is 77.7 Å². The van der Waals surface area contributed by atoms with Crippen LogP contribution in [-0.2, 0) is 37.3 Å². The van der Waals surface area contributed by atoms with E-state index in [4.69, 9.17) is 9.47 Å². The van der Waals surface area contributed by atoms with Crippen molar-refractivity contribution in [1.29, 1.82) is 0 Å². The monoisotopic (exact) mass is 559 g/mol. The Labute approximate surface area is 237 Å². The number of rotatable bonds is 3. The summed E-state index contributed by atoms with van der Waals surface area (Å²) in [5.41, 5.74) is 5.19. The summed E-state index contributed by atoms with van der Waals surface area (Å²) in [7, 11) is -3.91. The number of carbonyl (C=O) groups excluding carboxylic acids is 1. The fourth-order valence-corrected chi connectivity index (χ4v) is 6.98. The molecule has 0 amide bonds. The van der Waals surface area contributed by atoms with Gasteiger partial charge in [-0.25, -0.2) is 12.4 Å². The van der Waals surface area contributed by atoms with Crippen molar-refractivity contribution >= 4 is 26.9 Å². The molecule has 40 heavy (non-hydrogen) atoms. The third-order valence-electron chi connectivity index (χ3n) is 7.52. The van der Waals surface area contributed by atoms with E-state index >= 15 is 0 Å². The number of benzene rings is 3. The smallest absolute Gasteiger partial charge is 0.305 e. The molecule has 0 radical (unpaired) electrons. The maximum Gasteiger partial charge on any atom is 0.305 e. The Morgan fingerprint density at radius 3 is 2.23 bits per heavy atom. The second-order valence-corrected chi connectivity index (χ2v) is 12.3. The van der Waals surface area contributed by atoms with Crippen LogP contribution in [0.1, 0.15) is 61.6 Å². The molecule has 4 aromatic rings. The van der Waals surface area contributed by atoms with Crippen LogP contribution >= 0.6 is 0 Å². The minimum atomic E-state index is -3.91. The van der Waals surface area contributed by atoms with E-state index < -0.39 is 10.0 Å². The van der Waals surface area contributed by atoms with Crippen LogP contribution < -0.4 is 0 Å². The molecule has 3 heterocycles. The molecule has 3 aromatic carbocycles. The summed E-state index contributed by atoms with van der Waals surface area (Å²) in [6.07, 6.45) is 7.20. The largest absolute Gasteiger partial charge is 0.463 e. The second-order valence-electron chi connectivity index (χ2n) is 10.5. The van der Waals surface area contributed by atoms with Gasteiger partial charge in [0.25, 0.3) is 10.0 Å². The van der Waals surface area contributed by atoms with Gasteiger partial charge in [0.2, 0.25) is 0 Å². The van der Waals surface area contributed by atoms with Crippen molar-refractivity contribution in [3.8, 4) is 11.3 Å². The maximum absolute atomic E-state index is 14.3. The SMILES string of the molecule is Cc1ccc(S(=O)(=O)n2c(-c3ccccc3)c3c4ccc(cc42)COCCOC(=O)CCCCCCCC3)cc1. The number of esters is 1. The van der Waals surface area contributed by atoms with Crippen LogP contribution in [0.25, 0.3) is 22.2 Å². The highest BCUT2D eigenvalue weighted by molar-refractivity contribution is 7.90. The molecule has 1 aromatic heterocycles. The van der Waals surface area contributed by atoms with E-state index in [0.717, 1.165) is 78.3 Å². The van der Waals surface area contributed by atoms with Crippen LogP contribution in [0.4, 0.5) is 0 Å². The van der Waals surface area contributed by atoms with Gasteiger partial charge >= 0.3 is 5.97 Å². The molecule has 0 atom stereocenters. The summed E-state index contributed by atoms with van der Waals surface area (Å²) >= 11 is 0. The summed E-state index contributed by atoms with van der Waals surface area (Å²) in [5.74, 6) is -0.178. The Balaban J connectivity index is 1.65. The predicted molar refractivity (Wildman–Crippen MR) is 158 cm³/mol. The number of hydrogen-bond donors (Lipinski definition) is 0. The number of hydrogen-bond acceptors (Lipinski definition) is 5. The number of aromatic nitrogens is 1. The molecule has 2 aliphatic heterocycles. The fraction of sp³-hybridized carbons (Fsp3) is 0.364. The van der Waals surface area contributed by atoms with Crippen LogP contribution in [0, 0.1) is 6.92 Å². The van der Waals surface area contributed by atoms with Gasteiger partial charge in [-0.2, -0.15) is 0 Å². The molecule has 0 saturated carbocycles. The topological polar surface area (TPSA) is 74.6 Å². The first-order valence-corrected chi connectivity index (χ1v) is 15.7. The highest BCUT2D eigenvalue weighted by Crippen LogP contribution is 2.38. The van der Waals surface area contributed by atoms with Crippen LogP contribution in [-0.4, -0.2) is 31.6 Å². The Morgan fingerprint density at radius 2 is 1.48 bits per heavy atom. The Hall–Kier alpha value is -3.42. The van der Waals surface area contributed by atoms with E-state index in [0.29, 0.717) is 18.5 Å². The molecule has 0 unspecified atom stereocenters. The molecular formula is C33H37NO5S. The second kappa shape index (κ2) is 12.8. The van der Waals surface area contributed by atoms with Crippen LogP contribution in [0.5, 0.6) is 0 Å². The molecular weight excluding hydrogens is 522 g/mol. The fourth-order valence-electron chi connectivity index (χ4n) is 5.42. The van der Waals surface area contributed by atoms with Crippen LogP contribution in [0.2, 0.25) is 0 Å². The van der Waals surface area contributed by atoms with Crippen LogP contribution in [0.3, 0.4) is 0 Å². The molecule has 4 bridgehead atoms. The summed E-state index contributed by atoms with van der Waals surface area (Å²) in [6.45, 7) is 2.73. The molecule has 2 aliphatic rings. The van der Waals surface area contributed by atoms with Crippen molar-refractivity contribution in [2.24, 2.45) is 0 Å². The molecule has 0 spiro atoms. The zero-order chi connectivity index (χ0) is 28.0. The summed E-state index contributed by atoms with van der Waals surface area (Å²) in [5, 5.41) is 0.949. The number of nitrogens with zero attached hydrogens (tertiary/aromatic N) is 1. The van der Waals surface area contributed by atoms with Gasteiger partial charge in [0.15, 0.2) is 0 Å². The van der Waals surface area contributed by atoms with E-state index in [-0.39, 0.29) is 24.1 Å². The molecule has 0 N–H and O–H groups in total. The number of fused-ring (bicyclic) bond motifs is 14. The van der Waals surface area contributed by atoms with E-state index in [1.54, 1.807) is 16.1 Å². The van der Waals surface area contributed by atoms with E-state index in [1.807, 2.05) is 67.6 Å². The zero-order valence-electron chi connectivity index (χ0n) is 23.1. The Kier molecular flexibility index (Phi) is 9.02. The van der Waals surface area contributed by atoms with E-state index in [1.165, 1.54) is 0 Å². The van der Waals surface area contributed by atoms with Crippen molar-refractivity contribution in [1.82, 2.24) is 3.97 Å². The van der Waals surface area contributed by atoms with Gasteiger partial charge in [-0.15, -0.1) is 0 Å². The molecule has 210 valence electrons. The van der Waals surface area contributed by atoms with E-state index in [2.05, 4.69) is 0 Å². The van der Waals surface area contributed by atoms with Crippen molar-refractivity contribution in [2.75, 3.05) is 13.2 Å². The average molecular weight is 560 g/mol. The molecule has 6 rings (SSSR count). The Morgan fingerprint density at radius 1 is 0.775 bits per heavy atom. The van der Waals surface area contributed by atoms with E-state index in [9.17, 15) is 13.2 Å². The Bertz CT molecular complexity index is 1560. The third kappa shape index (κ3) is 6.31. The first-order chi connectivity index (χ1) is 19.4. The van der Waals surface area contributed by atoms with Gasteiger partial charge in [0, 0.05) is 11.8 Å². The summed E-state index contributed by atoms with van der Waals surface area (Å²) in [6, 6.07) is 22.8. The first-order valence-electron chi connectivity index (χ1n) is 14.2. The standard InChI is InChI=1S/C33H37NO5S/c1-25-15-18-28(19-16-25)40(36,37)34-31-23-26-17-20-29(31)30(33(34)27-11-7-6-8-12-27)13-9-4-2-3-5-10-14-32(35)39-22-21-38-24-26/h6-8,11-12,15-20,23H,2-5,9-10,13-14,21-22,24H2,1H3. The van der Waals surface area contributed by atoms with Gasteiger partial charge in [-0.3, -0.25) is 4.79 Å². The highest BCUT2D eigenvalue weighted by atomic mass is 32.2. The van der Waals surface area contributed by atoms with Crippen molar-refractivity contribution in [2.45, 2.75) is 69.8 Å². The molecule has 6 nitrogen and oxygen atoms in total. The molecule has 0 aliphatic carbocycles. The first kappa shape index (κ1) is 28.1.